The van der Waals surface area contributed by atoms with Crippen LogP contribution in [0.5, 0.6) is 0 Å². The molecule has 1 unspecified atom stereocenters. The maximum Gasteiger partial charge on any atom is 0.150 e. The van der Waals surface area contributed by atoms with Gasteiger partial charge in [0.25, 0.3) is 0 Å². The summed E-state index contributed by atoms with van der Waals surface area (Å²) < 4.78 is 22.3. The topological polar surface area (TPSA) is 46.2 Å². The van der Waals surface area contributed by atoms with Crippen LogP contribution in [-0.2, 0) is 9.84 Å². The highest BCUT2D eigenvalue weighted by molar-refractivity contribution is 7.91. The standard InChI is InChI=1S/C10H23NO2S/c1-4-7-10(3)11-8-6-9-14(12,13)5-2/h10-11H,4-9H2,1-3H3. The van der Waals surface area contributed by atoms with Crippen LogP contribution in [-0.4, -0.2) is 32.5 Å². The third-order valence-corrected chi connectivity index (χ3v) is 4.08. The molecular weight excluding hydrogens is 198 g/mol. The number of sulfone groups is 1. The summed E-state index contributed by atoms with van der Waals surface area (Å²) in [6.07, 6.45) is 3.05. The minimum absolute atomic E-state index is 0.261. The molecule has 0 fully saturated rings. The molecule has 0 saturated heterocycles. The molecule has 0 bridgehead atoms. The number of rotatable bonds is 8. The maximum absolute atomic E-state index is 11.1. The SMILES string of the molecule is CCCC(C)NCCCS(=O)(=O)CC. The van der Waals surface area contributed by atoms with E-state index in [1.807, 2.05) is 0 Å². The van der Waals surface area contributed by atoms with Gasteiger partial charge in [0.05, 0.1) is 5.75 Å². The molecule has 4 heteroatoms. The summed E-state index contributed by atoms with van der Waals surface area (Å²) in [5.74, 6) is 0.576. The fourth-order valence-electron chi connectivity index (χ4n) is 1.32. The minimum atomic E-state index is -2.77. The lowest BCUT2D eigenvalue weighted by molar-refractivity contribution is 0.506. The lowest BCUT2D eigenvalue weighted by atomic mass is 10.2. The molecule has 0 aliphatic carbocycles. The summed E-state index contributed by atoms with van der Waals surface area (Å²) in [6, 6.07) is 0.504. The number of hydrogen-bond donors (Lipinski definition) is 1. The zero-order chi connectivity index (χ0) is 11.0. The van der Waals surface area contributed by atoms with Crippen molar-refractivity contribution in [2.45, 2.75) is 46.1 Å². The van der Waals surface area contributed by atoms with Crippen molar-refractivity contribution in [1.82, 2.24) is 5.32 Å². The van der Waals surface area contributed by atoms with Gasteiger partial charge < -0.3 is 5.32 Å². The van der Waals surface area contributed by atoms with Crippen molar-refractivity contribution in [2.24, 2.45) is 0 Å². The Bertz CT molecular complexity index is 224. The van der Waals surface area contributed by atoms with E-state index in [2.05, 4.69) is 19.2 Å². The van der Waals surface area contributed by atoms with Crippen LogP contribution >= 0.6 is 0 Å². The van der Waals surface area contributed by atoms with Crippen LogP contribution in [0.25, 0.3) is 0 Å². The molecular formula is C10H23NO2S. The first kappa shape index (κ1) is 13.9. The second kappa shape index (κ2) is 7.23. The van der Waals surface area contributed by atoms with Crippen LogP contribution in [0.4, 0.5) is 0 Å². The van der Waals surface area contributed by atoms with Crippen LogP contribution in [0.1, 0.15) is 40.0 Å². The van der Waals surface area contributed by atoms with Gasteiger partial charge >= 0.3 is 0 Å². The van der Waals surface area contributed by atoms with Crippen molar-refractivity contribution in [3.05, 3.63) is 0 Å². The highest BCUT2D eigenvalue weighted by Gasteiger charge is 2.06. The van der Waals surface area contributed by atoms with Gasteiger partial charge in [-0.15, -0.1) is 0 Å². The fraction of sp³-hybridized carbons (Fsp3) is 1.00. The minimum Gasteiger partial charge on any atom is -0.314 e. The predicted molar refractivity (Wildman–Crippen MR) is 61.3 cm³/mol. The molecule has 0 heterocycles. The van der Waals surface area contributed by atoms with E-state index in [0.717, 1.165) is 19.4 Å². The summed E-state index contributed by atoms with van der Waals surface area (Å²) in [5, 5.41) is 3.32. The van der Waals surface area contributed by atoms with Gasteiger partial charge in [-0.05, 0) is 26.3 Å². The summed E-state index contributed by atoms with van der Waals surface area (Å²) in [5.41, 5.74) is 0. The third kappa shape index (κ3) is 7.33. The van der Waals surface area contributed by atoms with Gasteiger partial charge in [-0.2, -0.15) is 0 Å². The first-order valence-corrected chi connectivity index (χ1v) is 7.27. The van der Waals surface area contributed by atoms with Crippen LogP contribution in [0.3, 0.4) is 0 Å². The van der Waals surface area contributed by atoms with Gasteiger partial charge in [0.1, 0.15) is 9.84 Å². The molecule has 3 nitrogen and oxygen atoms in total. The fourth-order valence-corrected chi connectivity index (χ4v) is 2.19. The van der Waals surface area contributed by atoms with Gasteiger partial charge in [-0.25, -0.2) is 8.42 Å². The van der Waals surface area contributed by atoms with Gasteiger partial charge in [-0.1, -0.05) is 20.3 Å². The molecule has 0 aromatic carbocycles. The second-order valence-electron chi connectivity index (χ2n) is 3.73. The zero-order valence-corrected chi connectivity index (χ0v) is 10.4. The van der Waals surface area contributed by atoms with Crippen LogP contribution in [0, 0.1) is 0 Å². The smallest absolute Gasteiger partial charge is 0.150 e. The first-order valence-electron chi connectivity index (χ1n) is 5.45. The van der Waals surface area contributed by atoms with Gasteiger partial charge in [0, 0.05) is 11.8 Å². The molecule has 0 rings (SSSR count). The van der Waals surface area contributed by atoms with E-state index >= 15 is 0 Å². The molecule has 14 heavy (non-hydrogen) atoms. The largest absolute Gasteiger partial charge is 0.314 e. The van der Waals surface area contributed by atoms with Gasteiger partial charge in [0.2, 0.25) is 0 Å². The van der Waals surface area contributed by atoms with E-state index in [0.29, 0.717) is 11.8 Å². The molecule has 0 aliphatic rings. The molecule has 0 aromatic heterocycles. The summed E-state index contributed by atoms with van der Waals surface area (Å²) >= 11 is 0. The lowest BCUT2D eigenvalue weighted by Crippen LogP contribution is -2.28. The van der Waals surface area contributed by atoms with Gasteiger partial charge in [0.15, 0.2) is 0 Å². The first-order chi connectivity index (χ1) is 6.52. The van der Waals surface area contributed by atoms with Crippen LogP contribution in [0.2, 0.25) is 0 Å². The lowest BCUT2D eigenvalue weighted by Gasteiger charge is -2.11. The summed E-state index contributed by atoms with van der Waals surface area (Å²) in [4.78, 5) is 0. The van der Waals surface area contributed by atoms with Crippen molar-refractivity contribution in [1.29, 1.82) is 0 Å². The Hall–Kier alpha value is -0.0900. The van der Waals surface area contributed by atoms with E-state index in [9.17, 15) is 8.42 Å². The Balaban J connectivity index is 3.47. The quantitative estimate of drug-likeness (QED) is 0.633. The van der Waals surface area contributed by atoms with Crippen molar-refractivity contribution in [3.8, 4) is 0 Å². The van der Waals surface area contributed by atoms with Gasteiger partial charge in [-0.3, -0.25) is 0 Å². The Morgan fingerprint density at radius 3 is 2.43 bits per heavy atom. The molecule has 0 aromatic rings. The molecule has 1 N–H and O–H groups in total. The molecule has 0 radical (unpaired) electrons. The van der Waals surface area contributed by atoms with Crippen molar-refractivity contribution >= 4 is 9.84 Å². The Kier molecular flexibility index (Phi) is 7.19. The maximum atomic E-state index is 11.1. The number of hydrogen-bond acceptors (Lipinski definition) is 3. The molecule has 1 atom stereocenters. The van der Waals surface area contributed by atoms with Crippen molar-refractivity contribution < 1.29 is 8.42 Å². The average molecular weight is 221 g/mol. The monoisotopic (exact) mass is 221 g/mol. The molecule has 0 amide bonds. The van der Waals surface area contributed by atoms with E-state index in [1.165, 1.54) is 6.42 Å². The predicted octanol–water partition coefficient (Wildman–Crippen LogP) is 1.59. The van der Waals surface area contributed by atoms with Crippen LogP contribution in [0.15, 0.2) is 0 Å². The average Bonchev–Trinajstić information content (AvgIpc) is 2.13. The zero-order valence-electron chi connectivity index (χ0n) is 9.54. The van der Waals surface area contributed by atoms with E-state index < -0.39 is 9.84 Å². The summed E-state index contributed by atoms with van der Waals surface area (Å²) in [6.45, 7) is 6.79. The molecule has 0 aliphatic heterocycles. The Morgan fingerprint density at radius 1 is 1.29 bits per heavy atom. The second-order valence-corrected chi connectivity index (χ2v) is 6.21. The number of nitrogens with one attached hydrogen (secondary N) is 1. The molecule has 0 spiro atoms. The van der Waals surface area contributed by atoms with Crippen molar-refractivity contribution in [3.63, 3.8) is 0 Å². The van der Waals surface area contributed by atoms with E-state index in [-0.39, 0.29) is 5.75 Å². The third-order valence-electron chi connectivity index (χ3n) is 2.29. The highest BCUT2D eigenvalue weighted by Crippen LogP contribution is 1.96. The molecule has 86 valence electrons. The normalized spacial score (nSPS) is 14.2. The van der Waals surface area contributed by atoms with Crippen LogP contribution < -0.4 is 5.32 Å². The van der Waals surface area contributed by atoms with Crippen molar-refractivity contribution in [2.75, 3.05) is 18.1 Å². The van der Waals surface area contributed by atoms with E-state index in [1.54, 1.807) is 6.92 Å². The molecule has 0 saturated carbocycles. The Morgan fingerprint density at radius 2 is 1.93 bits per heavy atom. The summed E-state index contributed by atoms with van der Waals surface area (Å²) in [7, 11) is -2.77. The Labute approximate surface area is 88.2 Å². The highest BCUT2D eigenvalue weighted by atomic mass is 32.2. The van der Waals surface area contributed by atoms with E-state index in [4.69, 9.17) is 0 Å².